The van der Waals surface area contributed by atoms with Crippen LogP contribution in [0.5, 0.6) is 0 Å². The molecule has 0 bridgehead atoms. The highest BCUT2D eigenvalue weighted by molar-refractivity contribution is 6.32. The van der Waals surface area contributed by atoms with E-state index in [1.54, 1.807) is 0 Å². The van der Waals surface area contributed by atoms with Crippen LogP contribution in [0.2, 0.25) is 5.02 Å². The van der Waals surface area contributed by atoms with E-state index >= 15 is 0 Å². The van der Waals surface area contributed by atoms with Gasteiger partial charge in [0.05, 0.1) is 5.56 Å². The van der Waals surface area contributed by atoms with Gasteiger partial charge < -0.3 is 10.1 Å². The Kier molecular flexibility index (Phi) is 3.25. The Morgan fingerprint density at radius 2 is 2.20 bits per heavy atom. The highest BCUT2D eigenvalue weighted by Gasteiger charge is 2.24. The molecule has 1 rings (SSSR count). The van der Waals surface area contributed by atoms with Gasteiger partial charge in [-0.05, 0) is 16.0 Å². The van der Waals surface area contributed by atoms with Crippen LogP contribution in [0.25, 0.3) is 0 Å². The number of alkyl halides is 2. The summed E-state index contributed by atoms with van der Waals surface area (Å²) in [5.74, 6) is -0.817. The second-order valence-electron chi connectivity index (χ2n) is 2.44. The summed E-state index contributed by atoms with van der Waals surface area (Å²) in [4.78, 5) is 22.9. The number of aromatic nitrogens is 1. The van der Waals surface area contributed by atoms with E-state index in [1.165, 1.54) is 0 Å². The minimum Gasteiger partial charge on any atom is -0.358 e. The first-order chi connectivity index (χ1) is 6.97. The monoisotopic (exact) mass is 236 g/mol. The van der Waals surface area contributed by atoms with Gasteiger partial charge in [-0.25, -0.2) is 8.78 Å². The lowest BCUT2D eigenvalue weighted by atomic mass is 10.2. The molecule has 0 N–H and O–H groups in total. The van der Waals surface area contributed by atoms with Gasteiger partial charge in [0, 0.05) is 0 Å². The van der Waals surface area contributed by atoms with Crippen molar-refractivity contribution < 1.29 is 18.5 Å². The van der Waals surface area contributed by atoms with Gasteiger partial charge in [0.25, 0.3) is 6.43 Å². The molecule has 1 aromatic rings. The Balaban J connectivity index is 3.42. The van der Waals surface area contributed by atoms with E-state index in [4.69, 9.17) is 11.6 Å². The number of nitro groups is 1. The van der Waals surface area contributed by atoms with Crippen LogP contribution in [0.15, 0.2) is 6.07 Å². The lowest BCUT2D eigenvalue weighted by Crippen LogP contribution is -2.02. The van der Waals surface area contributed by atoms with Gasteiger partial charge in [0.2, 0.25) is 5.69 Å². The highest BCUT2D eigenvalue weighted by Crippen LogP contribution is 2.29. The SMILES string of the molecule is O=Cc1nc([N+](=O)[O-])c(Cl)cc1C(F)F. The van der Waals surface area contributed by atoms with E-state index in [0.29, 0.717) is 6.07 Å². The van der Waals surface area contributed by atoms with Gasteiger partial charge in [0.1, 0.15) is 5.02 Å². The van der Waals surface area contributed by atoms with Crippen LogP contribution >= 0.6 is 11.6 Å². The minimum atomic E-state index is -2.96. The molecule has 0 aliphatic heterocycles. The van der Waals surface area contributed by atoms with Crippen molar-refractivity contribution in [3.63, 3.8) is 0 Å². The first-order valence-electron chi connectivity index (χ1n) is 3.55. The van der Waals surface area contributed by atoms with E-state index in [2.05, 4.69) is 4.98 Å². The minimum absolute atomic E-state index is 0.0187. The second-order valence-corrected chi connectivity index (χ2v) is 2.85. The molecule has 0 amide bonds. The fraction of sp³-hybridized carbons (Fsp3) is 0.143. The molecule has 0 saturated heterocycles. The van der Waals surface area contributed by atoms with E-state index < -0.39 is 33.4 Å². The number of hydrogen-bond donors (Lipinski definition) is 0. The Morgan fingerprint density at radius 1 is 1.60 bits per heavy atom. The van der Waals surface area contributed by atoms with Crippen molar-refractivity contribution in [2.24, 2.45) is 0 Å². The zero-order chi connectivity index (χ0) is 11.6. The third-order valence-corrected chi connectivity index (χ3v) is 1.82. The van der Waals surface area contributed by atoms with Crippen molar-refractivity contribution in [1.29, 1.82) is 0 Å². The normalized spacial score (nSPS) is 10.4. The van der Waals surface area contributed by atoms with Crippen molar-refractivity contribution >= 4 is 23.7 Å². The first kappa shape index (κ1) is 11.4. The highest BCUT2D eigenvalue weighted by atomic mass is 35.5. The maximum absolute atomic E-state index is 12.3. The quantitative estimate of drug-likeness (QED) is 0.459. The number of hydrogen-bond acceptors (Lipinski definition) is 4. The van der Waals surface area contributed by atoms with Crippen LogP contribution in [0.3, 0.4) is 0 Å². The van der Waals surface area contributed by atoms with Gasteiger partial charge in [0.15, 0.2) is 6.29 Å². The first-order valence-corrected chi connectivity index (χ1v) is 3.93. The number of aldehydes is 1. The fourth-order valence-electron chi connectivity index (χ4n) is 0.904. The Labute approximate surface area is 86.8 Å². The summed E-state index contributed by atoms with van der Waals surface area (Å²) in [6.07, 6.45) is -2.94. The van der Waals surface area contributed by atoms with Crippen molar-refractivity contribution in [2.75, 3.05) is 0 Å². The molecule has 0 atom stereocenters. The van der Waals surface area contributed by atoms with Gasteiger partial charge in [-0.3, -0.25) is 4.79 Å². The number of nitrogens with zero attached hydrogens (tertiary/aromatic N) is 2. The number of rotatable bonds is 3. The summed E-state index contributed by atoms with van der Waals surface area (Å²) >= 11 is 5.34. The number of carbonyl (C=O) groups is 1. The summed E-state index contributed by atoms with van der Waals surface area (Å²) in [6, 6.07) is 0.668. The molecule has 0 radical (unpaired) electrons. The number of halogens is 3. The molecule has 80 valence electrons. The molecule has 0 aromatic carbocycles. The van der Waals surface area contributed by atoms with Crippen LogP contribution in [0, 0.1) is 10.1 Å². The van der Waals surface area contributed by atoms with Crippen molar-refractivity contribution in [1.82, 2.24) is 4.98 Å². The molecule has 0 spiro atoms. The van der Waals surface area contributed by atoms with E-state index in [1.807, 2.05) is 0 Å². The summed E-state index contributed by atoms with van der Waals surface area (Å²) in [5.41, 5.74) is -1.40. The summed E-state index contributed by atoms with van der Waals surface area (Å²) in [7, 11) is 0. The predicted octanol–water partition coefficient (Wildman–Crippen LogP) is 2.39. The maximum atomic E-state index is 12.3. The summed E-state index contributed by atoms with van der Waals surface area (Å²) in [6.45, 7) is 0. The molecule has 0 aliphatic rings. The van der Waals surface area contributed by atoms with E-state index in [0.717, 1.165) is 0 Å². The Hall–Kier alpha value is -1.63. The number of carbonyl (C=O) groups excluding carboxylic acids is 1. The lowest BCUT2D eigenvalue weighted by molar-refractivity contribution is -0.389. The average Bonchev–Trinajstić information content (AvgIpc) is 2.16. The van der Waals surface area contributed by atoms with Gasteiger partial charge >= 0.3 is 5.82 Å². The summed E-state index contributed by atoms with van der Waals surface area (Å²) in [5, 5.41) is 9.80. The maximum Gasteiger partial charge on any atom is 0.383 e. The Bertz CT molecular complexity index is 425. The molecular weight excluding hydrogens is 234 g/mol. The van der Waals surface area contributed by atoms with Crippen LogP contribution < -0.4 is 0 Å². The zero-order valence-corrected chi connectivity index (χ0v) is 7.74. The van der Waals surface area contributed by atoms with Gasteiger partial charge in [-0.1, -0.05) is 11.6 Å². The molecule has 0 unspecified atom stereocenters. The largest absolute Gasteiger partial charge is 0.383 e. The van der Waals surface area contributed by atoms with Crippen molar-refractivity contribution in [3.8, 4) is 0 Å². The third-order valence-electron chi connectivity index (χ3n) is 1.54. The second kappa shape index (κ2) is 4.26. The smallest absolute Gasteiger partial charge is 0.358 e. The average molecular weight is 237 g/mol. The predicted molar refractivity (Wildman–Crippen MR) is 46.2 cm³/mol. The van der Waals surface area contributed by atoms with Crippen molar-refractivity contribution in [3.05, 3.63) is 32.5 Å². The van der Waals surface area contributed by atoms with Crippen LogP contribution in [-0.2, 0) is 0 Å². The van der Waals surface area contributed by atoms with Gasteiger partial charge in [-0.15, -0.1) is 0 Å². The van der Waals surface area contributed by atoms with Crippen LogP contribution in [-0.4, -0.2) is 16.2 Å². The van der Waals surface area contributed by atoms with Crippen LogP contribution in [0.4, 0.5) is 14.6 Å². The molecule has 0 aliphatic carbocycles. The topological polar surface area (TPSA) is 73.1 Å². The molecule has 1 heterocycles. The third kappa shape index (κ3) is 2.24. The molecule has 15 heavy (non-hydrogen) atoms. The van der Waals surface area contributed by atoms with E-state index in [9.17, 15) is 23.7 Å². The zero-order valence-electron chi connectivity index (χ0n) is 6.99. The van der Waals surface area contributed by atoms with Crippen LogP contribution in [0.1, 0.15) is 22.5 Å². The molecular formula is C7H3ClF2N2O3. The molecule has 0 fully saturated rings. The fourth-order valence-corrected chi connectivity index (χ4v) is 1.13. The molecule has 5 nitrogen and oxygen atoms in total. The van der Waals surface area contributed by atoms with E-state index in [-0.39, 0.29) is 6.29 Å². The molecule has 1 aromatic heterocycles. The Morgan fingerprint density at radius 3 is 2.60 bits per heavy atom. The van der Waals surface area contributed by atoms with Crippen molar-refractivity contribution in [2.45, 2.75) is 6.43 Å². The molecule has 8 heteroatoms. The lowest BCUT2D eigenvalue weighted by Gasteiger charge is -2.01. The van der Waals surface area contributed by atoms with Gasteiger partial charge in [-0.2, -0.15) is 0 Å². The molecule has 0 saturated carbocycles. The number of pyridine rings is 1. The standard InChI is InChI=1S/C7H3ClF2N2O3/c8-4-1-3(6(9)10)5(2-13)11-7(4)12(14)15/h1-2,6H. The summed E-state index contributed by atoms with van der Waals surface area (Å²) < 4.78 is 24.6.